The van der Waals surface area contributed by atoms with Crippen molar-refractivity contribution in [2.45, 2.75) is 19.4 Å². The lowest BCUT2D eigenvalue weighted by Crippen LogP contribution is -2.33. The number of anilines is 3. The lowest BCUT2D eigenvalue weighted by molar-refractivity contribution is 0.0224. The van der Waals surface area contributed by atoms with Gasteiger partial charge in [-0.3, -0.25) is 0 Å². The van der Waals surface area contributed by atoms with Crippen molar-refractivity contribution >= 4 is 23.0 Å². The molecule has 192 valence electrons. The summed E-state index contributed by atoms with van der Waals surface area (Å²) >= 11 is 0. The minimum Gasteiger partial charge on any atom is -0.456 e. The molecule has 0 bridgehead atoms. The Labute approximate surface area is 217 Å². The van der Waals surface area contributed by atoms with Crippen LogP contribution in [0, 0.1) is 17.5 Å². The van der Waals surface area contributed by atoms with Gasteiger partial charge in [-0.15, -0.1) is 0 Å². The van der Waals surface area contributed by atoms with Crippen LogP contribution in [0.2, 0.25) is 0 Å². The van der Waals surface area contributed by atoms with Gasteiger partial charge in [0, 0.05) is 47.2 Å². The van der Waals surface area contributed by atoms with Crippen LogP contribution in [0.25, 0.3) is 0 Å². The van der Waals surface area contributed by atoms with Gasteiger partial charge in [-0.05, 0) is 62.4 Å². The maximum atomic E-state index is 14.4. The van der Waals surface area contributed by atoms with Gasteiger partial charge in [0.2, 0.25) is 0 Å². The summed E-state index contributed by atoms with van der Waals surface area (Å²) in [6, 6.07) is 19.9. The molecule has 8 heteroatoms. The van der Waals surface area contributed by atoms with Crippen molar-refractivity contribution in [2.75, 3.05) is 23.3 Å². The quantitative estimate of drug-likeness (QED) is 0.224. The summed E-state index contributed by atoms with van der Waals surface area (Å²) in [7, 11) is 0. The van der Waals surface area contributed by atoms with E-state index in [1.54, 1.807) is 30.3 Å². The maximum Gasteiger partial charge on any atom is 0.340 e. The number of esters is 1. The molecule has 2 aliphatic heterocycles. The number of hydrogen-bond acceptors (Lipinski definition) is 5. The highest BCUT2D eigenvalue weighted by Gasteiger charge is 2.53. The Balaban J connectivity index is 1.54. The molecule has 0 aliphatic carbocycles. The summed E-state index contributed by atoms with van der Waals surface area (Å²) in [4.78, 5) is 15.3. The van der Waals surface area contributed by atoms with Crippen molar-refractivity contribution in [3.05, 3.63) is 113 Å². The molecule has 4 aromatic rings. The smallest absolute Gasteiger partial charge is 0.340 e. The molecule has 6 rings (SSSR count). The van der Waals surface area contributed by atoms with Crippen LogP contribution in [0.15, 0.2) is 72.8 Å². The average molecular weight is 517 g/mol. The summed E-state index contributed by atoms with van der Waals surface area (Å²) in [5, 5.41) is 2.81. The second-order valence-corrected chi connectivity index (χ2v) is 9.13. The molecule has 1 spiro atoms. The van der Waals surface area contributed by atoms with Crippen LogP contribution < -0.4 is 15.0 Å². The van der Waals surface area contributed by atoms with E-state index in [1.807, 2.05) is 30.3 Å². The van der Waals surface area contributed by atoms with Gasteiger partial charge in [0.1, 0.15) is 11.5 Å². The van der Waals surface area contributed by atoms with Gasteiger partial charge in [0.25, 0.3) is 0 Å². The number of halogens is 3. The first-order valence-corrected chi connectivity index (χ1v) is 12.3. The molecular weight excluding hydrogens is 493 g/mol. The highest BCUT2D eigenvalue weighted by atomic mass is 19.2. The summed E-state index contributed by atoms with van der Waals surface area (Å²) in [6.07, 6.45) is 0. The van der Waals surface area contributed by atoms with Gasteiger partial charge in [-0.25, -0.2) is 18.0 Å². The highest BCUT2D eigenvalue weighted by molar-refractivity contribution is 5.97. The predicted octanol–water partition coefficient (Wildman–Crippen LogP) is 7.26. The van der Waals surface area contributed by atoms with Crippen molar-refractivity contribution in [1.82, 2.24) is 0 Å². The zero-order valence-electron chi connectivity index (χ0n) is 20.6. The average Bonchev–Trinajstić information content (AvgIpc) is 3.23. The highest BCUT2D eigenvalue weighted by Crippen LogP contribution is 2.57. The predicted molar refractivity (Wildman–Crippen MR) is 138 cm³/mol. The van der Waals surface area contributed by atoms with Crippen molar-refractivity contribution in [3.63, 3.8) is 0 Å². The molecule has 1 N–H and O–H groups in total. The summed E-state index contributed by atoms with van der Waals surface area (Å²) in [5.41, 5.74) is 2.05. The molecule has 1 unspecified atom stereocenters. The Morgan fingerprint density at radius 1 is 0.816 bits per heavy atom. The Morgan fingerprint density at radius 3 is 2.39 bits per heavy atom. The van der Waals surface area contributed by atoms with Crippen molar-refractivity contribution < 1.29 is 27.4 Å². The first-order valence-electron chi connectivity index (χ1n) is 12.3. The Morgan fingerprint density at radius 2 is 1.61 bits per heavy atom. The zero-order chi connectivity index (χ0) is 26.6. The van der Waals surface area contributed by atoms with Crippen molar-refractivity contribution in [3.8, 4) is 11.5 Å². The number of nitrogens with zero attached hydrogens (tertiary/aromatic N) is 1. The van der Waals surface area contributed by atoms with Gasteiger partial charge in [0.05, 0.1) is 11.3 Å². The van der Waals surface area contributed by atoms with E-state index in [1.165, 1.54) is 0 Å². The minimum atomic E-state index is -1.57. The monoisotopic (exact) mass is 516 g/mol. The SMILES string of the molecule is CCN(CC)c1ccc2c(c1)Oc1ccc(Nc3ccc(F)c(F)c3F)cc1C21OC(=O)c2ccccc21. The third-order valence-electron chi connectivity index (χ3n) is 7.14. The summed E-state index contributed by atoms with van der Waals surface area (Å²) < 4.78 is 54.2. The van der Waals surface area contributed by atoms with Crippen LogP contribution in [-0.4, -0.2) is 19.1 Å². The van der Waals surface area contributed by atoms with E-state index in [4.69, 9.17) is 9.47 Å². The first kappa shape index (κ1) is 23.9. The molecule has 4 aromatic carbocycles. The van der Waals surface area contributed by atoms with Gasteiger partial charge in [-0.2, -0.15) is 0 Å². The van der Waals surface area contributed by atoms with Crippen LogP contribution >= 0.6 is 0 Å². The number of carbonyl (C=O) groups excluding carboxylic acids is 1. The third kappa shape index (κ3) is 3.44. The second-order valence-electron chi connectivity index (χ2n) is 9.13. The number of carbonyl (C=O) groups is 1. The molecule has 1 atom stereocenters. The fourth-order valence-electron chi connectivity index (χ4n) is 5.30. The molecule has 0 amide bonds. The normalized spacial score (nSPS) is 16.8. The van der Waals surface area contributed by atoms with Gasteiger partial charge >= 0.3 is 5.97 Å². The minimum absolute atomic E-state index is 0.234. The van der Waals surface area contributed by atoms with E-state index < -0.39 is 29.0 Å². The van der Waals surface area contributed by atoms with Crippen LogP contribution in [0.1, 0.15) is 40.9 Å². The molecule has 0 saturated carbocycles. The third-order valence-corrected chi connectivity index (χ3v) is 7.14. The van der Waals surface area contributed by atoms with Gasteiger partial charge in [0.15, 0.2) is 23.1 Å². The Bertz CT molecular complexity index is 1600. The lowest BCUT2D eigenvalue weighted by Gasteiger charge is -2.37. The lowest BCUT2D eigenvalue weighted by atomic mass is 9.77. The van der Waals surface area contributed by atoms with E-state index in [9.17, 15) is 18.0 Å². The molecular formula is C30H23F3N2O3. The van der Waals surface area contributed by atoms with Crippen LogP contribution in [0.4, 0.5) is 30.2 Å². The molecule has 2 heterocycles. The standard InChI is InChI=1S/C30H23F3N2O3/c1-3-35(4-2)18-10-11-21-26(16-18)37-25-14-9-17(34-24-13-12-23(31)27(32)28(24)33)15-22(25)30(21)20-8-6-5-7-19(20)29(36)38-30/h5-16,34H,3-4H2,1-2H3. The molecule has 0 fully saturated rings. The maximum absolute atomic E-state index is 14.4. The molecule has 2 aliphatic rings. The van der Waals surface area contributed by atoms with E-state index in [-0.39, 0.29) is 5.69 Å². The number of hydrogen-bond donors (Lipinski definition) is 1. The number of benzene rings is 4. The number of ether oxygens (including phenoxy) is 2. The van der Waals surface area contributed by atoms with E-state index in [0.717, 1.165) is 30.9 Å². The van der Waals surface area contributed by atoms with Crippen molar-refractivity contribution in [2.24, 2.45) is 0 Å². The summed E-state index contributed by atoms with van der Waals surface area (Å²) in [5.74, 6) is -3.64. The van der Waals surface area contributed by atoms with Gasteiger partial charge in [-0.1, -0.05) is 18.2 Å². The second kappa shape index (κ2) is 8.83. The topological polar surface area (TPSA) is 50.8 Å². The fourth-order valence-corrected chi connectivity index (χ4v) is 5.30. The number of rotatable bonds is 5. The largest absolute Gasteiger partial charge is 0.456 e. The van der Waals surface area contributed by atoms with E-state index in [2.05, 4.69) is 24.1 Å². The number of fused-ring (bicyclic) bond motifs is 6. The molecule has 0 saturated heterocycles. The molecule has 0 aromatic heterocycles. The molecule has 0 radical (unpaired) electrons. The van der Waals surface area contributed by atoms with E-state index >= 15 is 0 Å². The van der Waals surface area contributed by atoms with Gasteiger partial charge < -0.3 is 19.7 Å². The Kier molecular flexibility index (Phi) is 5.56. The fraction of sp³-hybridized carbons (Fsp3) is 0.167. The van der Waals surface area contributed by atoms with Crippen molar-refractivity contribution in [1.29, 1.82) is 0 Å². The zero-order valence-corrected chi connectivity index (χ0v) is 20.6. The summed E-state index contributed by atoms with van der Waals surface area (Å²) in [6.45, 7) is 5.76. The molecule has 38 heavy (non-hydrogen) atoms. The number of nitrogens with one attached hydrogen (secondary N) is 1. The first-order chi connectivity index (χ1) is 18.4. The van der Waals surface area contributed by atoms with Crippen LogP contribution in [0.3, 0.4) is 0 Å². The van der Waals surface area contributed by atoms with Crippen LogP contribution in [0.5, 0.6) is 11.5 Å². The van der Waals surface area contributed by atoms with E-state index in [0.29, 0.717) is 39.4 Å². The van der Waals surface area contributed by atoms with Crippen LogP contribution in [-0.2, 0) is 10.3 Å². The Hall–Kier alpha value is -4.46. The molecule has 5 nitrogen and oxygen atoms in total.